The van der Waals surface area contributed by atoms with E-state index in [4.69, 9.17) is 5.73 Å². The number of nitrogens with zero attached hydrogens (tertiary/aromatic N) is 4. The highest BCUT2D eigenvalue weighted by Gasteiger charge is 2.19. The van der Waals surface area contributed by atoms with Crippen molar-refractivity contribution in [3.05, 3.63) is 22.8 Å². The molecule has 0 saturated heterocycles. The molecule has 2 aromatic rings. The van der Waals surface area contributed by atoms with Gasteiger partial charge in [0.1, 0.15) is 5.82 Å². The van der Waals surface area contributed by atoms with Crippen LogP contribution in [0.2, 0.25) is 0 Å². The molecular weight excluding hydrogens is 258 g/mol. The van der Waals surface area contributed by atoms with E-state index >= 15 is 0 Å². The van der Waals surface area contributed by atoms with E-state index in [9.17, 15) is 4.79 Å². The molecule has 0 spiro atoms. The van der Waals surface area contributed by atoms with Gasteiger partial charge >= 0.3 is 0 Å². The predicted octanol–water partition coefficient (Wildman–Crippen LogP) is 0.711. The number of hydrogen-bond donors (Lipinski definition) is 3. The number of H-pyrrole nitrogens is 1. The van der Waals surface area contributed by atoms with Crippen LogP contribution in [0.1, 0.15) is 47.5 Å². The Morgan fingerprint density at radius 2 is 2.15 bits per heavy atom. The van der Waals surface area contributed by atoms with Gasteiger partial charge < -0.3 is 11.1 Å². The van der Waals surface area contributed by atoms with Crippen molar-refractivity contribution in [2.45, 2.75) is 40.3 Å². The fourth-order valence-corrected chi connectivity index (χ4v) is 2.14. The summed E-state index contributed by atoms with van der Waals surface area (Å²) in [5.74, 6) is 0.499. The summed E-state index contributed by atoms with van der Waals surface area (Å²) in [7, 11) is 0. The molecule has 0 aliphatic rings. The number of nitrogens with one attached hydrogen (secondary N) is 2. The molecule has 0 unspecified atom stereocenters. The van der Waals surface area contributed by atoms with Crippen molar-refractivity contribution in [3.63, 3.8) is 0 Å². The molecule has 108 valence electrons. The third kappa shape index (κ3) is 2.63. The van der Waals surface area contributed by atoms with Gasteiger partial charge in [-0.2, -0.15) is 10.1 Å². The standard InChI is InChI=1S/C12H19N7O/c1-6(2)19-8(4)10(7(3)18-19)11(20)14-5-9-15-12(13)17-16-9/h6H,5H2,1-4H3,(H,14,20)(H3,13,15,16,17). The Bertz CT molecular complexity index is 626. The number of aryl methyl sites for hydroxylation is 1. The van der Waals surface area contributed by atoms with Gasteiger partial charge in [0.2, 0.25) is 5.95 Å². The van der Waals surface area contributed by atoms with Gasteiger partial charge in [-0.3, -0.25) is 14.6 Å². The second-order valence-corrected chi connectivity index (χ2v) is 4.91. The summed E-state index contributed by atoms with van der Waals surface area (Å²) in [6.07, 6.45) is 0. The third-order valence-corrected chi connectivity index (χ3v) is 3.01. The molecule has 2 rings (SSSR count). The number of aromatic amines is 1. The first-order chi connectivity index (χ1) is 9.40. The van der Waals surface area contributed by atoms with Crippen LogP contribution < -0.4 is 11.1 Å². The maximum absolute atomic E-state index is 12.2. The molecule has 0 aliphatic carbocycles. The molecule has 8 heteroatoms. The largest absolute Gasteiger partial charge is 0.367 e. The summed E-state index contributed by atoms with van der Waals surface area (Å²) in [4.78, 5) is 16.2. The lowest BCUT2D eigenvalue weighted by molar-refractivity contribution is 0.0948. The zero-order chi connectivity index (χ0) is 14.9. The minimum absolute atomic E-state index is 0.161. The van der Waals surface area contributed by atoms with Gasteiger partial charge in [0.05, 0.1) is 17.8 Å². The molecule has 0 saturated carbocycles. The van der Waals surface area contributed by atoms with Crippen molar-refractivity contribution < 1.29 is 4.79 Å². The third-order valence-electron chi connectivity index (χ3n) is 3.01. The van der Waals surface area contributed by atoms with Crippen LogP contribution in [0.5, 0.6) is 0 Å². The van der Waals surface area contributed by atoms with Crippen LogP contribution in [0.25, 0.3) is 0 Å². The maximum Gasteiger partial charge on any atom is 0.255 e. The summed E-state index contributed by atoms with van der Waals surface area (Å²) in [6, 6.07) is 0.212. The summed E-state index contributed by atoms with van der Waals surface area (Å²) < 4.78 is 1.84. The Morgan fingerprint density at radius 3 is 2.65 bits per heavy atom. The molecule has 2 aromatic heterocycles. The molecule has 4 N–H and O–H groups in total. The fraction of sp³-hybridized carbons (Fsp3) is 0.500. The van der Waals surface area contributed by atoms with E-state index in [1.165, 1.54) is 0 Å². The Balaban J connectivity index is 2.13. The Morgan fingerprint density at radius 1 is 1.45 bits per heavy atom. The Kier molecular flexibility index (Phi) is 3.73. The topological polar surface area (TPSA) is 115 Å². The lowest BCUT2D eigenvalue weighted by Crippen LogP contribution is -2.24. The smallest absolute Gasteiger partial charge is 0.255 e. The SMILES string of the molecule is Cc1nn(C(C)C)c(C)c1C(=O)NCc1nc(N)n[nH]1. The van der Waals surface area contributed by atoms with Crippen LogP contribution in [-0.4, -0.2) is 30.9 Å². The van der Waals surface area contributed by atoms with Crippen molar-refractivity contribution in [1.29, 1.82) is 0 Å². The quantitative estimate of drug-likeness (QED) is 0.761. The molecule has 0 aliphatic heterocycles. The number of hydrogen-bond acceptors (Lipinski definition) is 5. The van der Waals surface area contributed by atoms with Crippen molar-refractivity contribution in [2.75, 3.05) is 5.73 Å². The highest BCUT2D eigenvalue weighted by Crippen LogP contribution is 2.17. The summed E-state index contributed by atoms with van der Waals surface area (Å²) >= 11 is 0. The van der Waals surface area contributed by atoms with Crippen LogP contribution in [0, 0.1) is 13.8 Å². The monoisotopic (exact) mass is 277 g/mol. The number of carbonyl (C=O) groups excluding carboxylic acids is 1. The van der Waals surface area contributed by atoms with Gasteiger partial charge in [0.15, 0.2) is 0 Å². The Labute approximate surface area is 116 Å². The van der Waals surface area contributed by atoms with E-state index < -0.39 is 0 Å². The molecule has 0 atom stereocenters. The number of rotatable bonds is 4. The average Bonchev–Trinajstić information content (AvgIpc) is 2.91. The second-order valence-electron chi connectivity index (χ2n) is 4.91. The molecule has 20 heavy (non-hydrogen) atoms. The zero-order valence-corrected chi connectivity index (χ0v) is 12.1. The van der Waals surface area contributed by atoms with Gasteiger partial charge in [0, 0.05) is 11.7 Å². The number of nitrogens with two attached hydrogens (primary N) is 1. The molecule has 8 nitrogen and oxygen atoms in total. The van der Waals surface area contributed by atoms with Crippen LogP contribution in [0.15, 0.2) is 0 Å². The number of amides is 1. The first-order valence-corrected chi connectivity index (χ1v) is 6.40. The number of nitrogen functional groups attached to an aromatic ring is 1. The minimum Gasteiger partial charge on any atom is -0.367 e. The van der Waals surface area contributed by atoms with E-state index in [1.54, 1.807) is 0 Å². The van der Waals surface area contributed by atoms with E-state index in [0.29, 0.717) is 17.1 Å². The van der Waals surface area contributed by atoms with Crippen LogP contribution in [0.3, 0.4) is 0 Å². The predicted molar refractivity (Wildman–Crippen MR) is 74.1 cm³/mol. The summed E-state index contributed by atoms with van der Waals surface area (Å²) in [6.45, 7) is 8.01. The summed E-state index contributed by atoms with van der Waals surface area (Å²) in [5, 5.41) is 13.5. The zero-order valence-electron chi connectivity index (χ0n) is 12.1. The van der Waals surface area contributed by atoms with Crippen molar-refractivity contribution in [1.82, 2.24) is 30.3 Å². The molecule has 0 aromatic carbocycles. The molecule has 0 fully saturated rings. The molecule has 0 radical (unpaired) electrons. The first-order valence-electron chi connectivity index (χ1n) is 6.40. The number of carbonyl (C=O) groups is 1. The fourth-order valence-electron chi connectivity index (χ4n) is 2.14. The summed E-state index contributed by atoms with van der Waals surface area (Å²) in [5.41, 5.74) is 7.57. The molecule has 0 bridgehead atoms. The highest BCUT2D eigenvalue weighted by molar-refractivity contribution is 5.96. The molecule has 1 amide bonds. The minimum atomic E-state index is -0.179. The van der Waals surface area contributed by atoms with Gasteiger partial charge in [-0.15, -0.1) is 5.10 Å². The van der Waals surface area contributed by atoms with Crippen molar-refractivity contribution in [2.24, 2.45) is 0 Å². The van der Waals surface area contributed by atoms with E-state index in [1.807, 2.05) is 32.4 Å². The van der Waals surface area contributed by atoms with Gasteiger partial charge in [-0.05, 0) is 27.7 Å². The lowest BCUT2D eigenvalue weighted by Gasteiger charge is -2.08. The molecule has 2 heterocycles. The normalized spacial score (nSPS) is 11.1. The molecular formula is C12H19N7O. The van der Waals surface area contributed by atoms with E-state index in [2.05, 4.69) is 25.6 Å². The van der Waals surface area contributed by atoms with Gasteiger partial charge in [0.25, 0.3) is 5.91 Å². The number of anilines is 1. The first kappa shape index (κ1) is 14.0. The average molecular weight is 277 g/mol. The number of aromatic nitrogens is 5. The van der Waals surface area contributed by atoms with E-state index in [-0.39, 0.29) is 24.4 Å². The Hall–Kier alpha value is -2.38. The van der Waals surface area contributed by atoms with Crippen LogP contribution in [-0.2, 0) is 6.54 Å². The maximum atomic E-state index is 12.2. The van der Waals surface area contributed by atoms with Gasteiger partial charge in [-0.25, -0.2) is 0 Å². The van der Waals surface area contributed by atoms with Crippen molar-refractivity contribution in [3.8, 4) is 0 Å². The van der Waals surface area contributed by atoms with Crippen LogP contribution in [0.4, 0.5) is 5.95 Å². The van der Waals surface area contributed by atoms with Gasteiger partial charge in [-0.1, -0.05) is 0 Å². The highest BCUT2D eigenvalue weighted by atomic mass is 16.1. The van der Waals surface area contributed by atoms with E-state index in [0.717, 1.165) is 5.69 Å². The lowest BCUT2D eigenvalue weighted by atomic mass is 10.2. The van der Waals surface area contributed by atoms with Crippen LogP contribution >= 0.6 is 0 Å². The second kappa shape index (κ2) is 5.32. The van der Waals surface area contributed by atoms with Crippen molar-refractivity contribution >= 4 is 11.9 Å².